The van der Waals surface area contributed by atoms with Crippen LogP contribution in [-0.2, 0) is 21.2 Å². The van der Waals surface area contributed by atoms with E-state index in [1.807, 2.05) is 6.92 Å². The van der Waals surface area contributed by atoms with Crippen molar-refractivity contribution in [1.29, 1.82) is 0 Å². The van der Waals surface area contributed by atoms with E-state index in [1.54, 1.807) is 41.3 Å². The highest BCUT2D eigenvalue weighted by molar-refractivity contribution is 7.92. The standard InChI is InChI=1S/C18H20N2O4S/c1-12-4-7-17(24-3)18(10-12)25(22,23)19-15-5-6-16-14(11-15)8-9-20(16)13(2)21/h4-7,10-11,19H,8-9H2,1-3H3. The molecule has 1 amide bonds. The van der Waals surface area contributed by atoms with E-state index in [9.17, 15) is 13.2 Å². The van der Waals surface area contributed by atoms with Crippen molar-refractivity contribution >= 4 is 27.3 Å². The van der Waals surface area contributed by atoms with Crippen LogP contribution < -0.4 is 14.4 Å². The third-order valence-electron chi connectivity index (χ3n) is 4.22. The molecule has 7 heteroatoms. The van der Waals surface area contributed by atoms with Crippen molar-refractivity contribution in [2.24, 2.45) is 0 Å². The van der Waals surface area contributed by atoms with Gasteiger partial charge in [0.05, 0.1) is 7.11 Å². The van der Waals surface area contributed by atoms with Gasteiger partial charge >= 0.3 is 0 Å². The van der Waals surface area contributed by atoms with Crippen LogP contribution in [0, 0.1) is 6.92 Å². The smallest absolute Gasteiger partial charge is 0.265 e. The largest absolute Gasteiger partial charge is 0.495 e. The first-order valence-electron chi connectivity index (χ1n) is 7.90. The van der Waals surface area contributed by atoms with Crippen LogP contribution in [0.2, 0.25) is 0 Å². The number of carbonyl (C=O) groups excluding carboxylic acids is 1. The summed E-state index contributed by atoms with van der Waals surface area (Å²) in [6.07, 6.45) is 0.707. The molecule has 0 aromatic heterocycles. The van der Waals surface area contributed by atoms with Gasteiger partial charge in [0, 0.05) is 24.8 Å². The molecule has 1 aliphatic heterocycles. The molecule has 0 bridgehead atoms. The number of anilines is 2. The molecule has 0 radical (unpaired) electrons. The number of ether oxygens (including phenoxy) is 1. The minimum atomic E-state index is -3.78. The van der Waals surface area contributed by atoms with Crippen molar-refractivity contribution < 1.29 is 17.9 Å². The maximum Gasteiger partial charge on any atom is 0.265 e. The molecule has 0 fully saturated rings. The zero-order valence-corrected chi connectivity index (χ0v) is 15.2. The number of rotatable bonds is 4. The van der Waals surface area contributed by atoms with Crippen LogP contribution in [-0.4, -0.2) is 28.0 Å². The monoisotopic (exact) mass is 360 g/mol. The van der Waals surface area contributed by atoms with Crippen LogP contribution in [0.1, 0.15) is 18.1 Å². The first kappa shape index (κ1) is 17.3. The van der Waals surface area contributed by atoms with E-state index in [2.05, 4.69) is 4.72 Å². The first-order valence-corrected chi connectivity index (χ1v) is 9.38. The number of aryl methyl sites for hydroxylation is 1. The van der Waals surface area contributed by atoms with E-state index in [0.29, 0.717) is 24.4 Å². The molecular weight excluding hydrogens is 340 g/mol. The number of methoxy groups -OCH3 is 1. The van der Waals surface area contributed by atoms with Crippen LogP contribution in [0.3, 0.4) is 0 Å². The van der Waals surface area contributed by atoms with Gasteiger partial charge < -0.3 is 9.64 Å². The second-order valence-corrected chi connectivity index (χ2v) is 7.67. The third-order valence-corrected chi connectivity index (χ3v) is 5.62. The average Bonchev–Trinajstić information content (AvgIpc) is 2.97. The number of hydrogen-bond acceptors (Lipinski definition) is 4. The SMILES string of the molecule is COc1ccc(C)cc1S(=O)(=O)Nc1ccc2c(c1)CCN2C(C)=O. The van der Waals surface area contributed by atoms with Gasteiger partial charge in [0.25, 0.3) is 10.0 Å². The number of amides is 1. The summed E-state index contributed by atoms with van der Waals surface area (Å²) >= 11 is 0. The summed E-state index contributed by atoms with van der Waals surface area (Å²) in [5.74, 6) is 0.276. The second kappa shape index (κ2) is 6.40. The molecule has 2 aromatic rings. The minimum absolute atomic E-state index is 0.0171. The predicted octanol–water partition coefficient (Wildman–Crippen LogP) is 2.71. The normalized spacial score (nSPS) is 13.5. The van der Waals surface area contributed by atoms with Crippen LogP contribution in [0.25, 0.3) is 0 Å². The Morgan fingerprint density at radius 3 is 2.64 bits per heavy atom. The first-order chi connectivity index (χ1) is 11.8. The predicted molar refractivity (Wildman–Crippen MR) is 96.7 cm³/mol. The van der Waals surface area contributed by atoms with E-state index in [-0.39, 0.29) is 10.8 Å². The Morgan fingerprint density at radius 1 is 1.20 bits per heavy atom. The van der Waals surface area contributed by atoms with Crippen LogP contribution in [0.5, 0.6) is 5.75 Å². The molecular formula is C18H20N2O4S. The molecule has 0 atom stereocenters. The quantitative estimate of drug-likeness (QED) is 0.910. The Hall–Kier alpha value is -2.54. The molecule has 3 rings (SSSR count). The summed E-state index contributed by atoms with van der Waals surface area (Å²) in [6, 6.07) is 10.2. The van der Waals surface area contributed by atoms with Crippen molar-refractivity contribution in [3.8, 4) is 5.75 Å². The fourth-order valence-corrected chi connectivity index (χ4v) is 4.30. The van der Waals surface area contributed by atoms with Crippen LogP contribution >= 0.6 is 0 Å². The molecule has 2 aromatic carbocycles. The highest BCUT2D eigenvalue weighted by Gasteiger charge is 2.24. The van der Waals surface area contributed by atoms with Crippen molar-refractivity contribution in [1.82, 2.24) is 0 Å². The lowest BCUT2D eigenvalue weighted by atomic mass is 10.1. The van der Waals surface area contributed by atoms with Gasteiger partial charge in [-0.3, -0.25) is 9.52 Å². The van der Waals surface area contributed by atoms with E-state index >= 15 is 0 Å². The van der Waals surface area contributed by atoms with Gasteiger partial charge in [-0.1, -0.05) is 6.07 Å². The zero-order valence-electron chi connectivity index (χ0n) is 14.4. The van der Waals surface area contributed by atoms with Gasteiger partial charge in [-0.25, -0.2) is 8.42 Å². The van der Waals surface area contributed by atoms with E-state index in [0.717, 1.165) is 16.8 Å². The molecule has 1 N–H and O–H groups in total. The Bertz CT molecular complexity index is 938. The lowest BCUT2D eigenvalue weighted by Gasteiger charge is -2.16. The maximum absolute atomic E-state index is 12.8. The summed E-state index contributed by atoms with van der Waals surface area (Å²) in [5, 5.41) is 0. The van der Waals surface area contributed by atoms with Crippen LogP contribution in [0.15, 0.2) is 41.3 Å². The van der Waals surface area contributed by atoms with Gasteiger partial charge in [-0.15, -0.1) is 0 Å². The fraction of sp³-hybridized carbons (Fsp3) is 0.278. The number of hydrogen-bond donors (Lipinski definition) is 1. The lowest BCUT2D eigenvalue weighted by Crippen LogP contribution is -2.25. The van der Waals surface area contributed by atoms with E-state index < -0.39 is 10.0 Å². The van der Waals surface area contributed by atoms with Crippen molar-refractivity contribution in [2.45, 2.75) is 25.2 Å². The minimum Gasteiger partial charge on any atom is -0.495 e. The lowest BCUT2D eigenvalue weighted by molar-refractivity contribution is -0.116. The van der Waals surface area contributed by atoms with E-state index in [4.69, 9.17) is 4.74 Å². The number of nitrogens with zero attached hydrogens (tertiary/aromatic N) is 1. The third kappa shape index (κ3) is 3.32. The van der Waals surface area contributed by atoms with Crippen molar-refractivity contribution in [3.05, 3.63) is 47.5 Å². The molecule has 0 saturated heterocycles. The summed E-state index contributed by atoms with van der Waals surface area (Å²) < 4.78 is 33.3. The molecule has 1 aliphatic rings. The maximum atomic E-state index is 12.8. The highest BCUT2D eigenvalue weighted by atomic mass is 32.2. The Kier molecular flexibility index (Phi) is 4.43. The summed E-state index contributed by atoms with van der Waals surface area (Å²) in [6.45, 7) is 3.96. The molecule has 1 heterocycles. The molecule has 6 nitrogen and oxygen atoms in total. The highest BCUT2D eigenvalue weighted by Crippen LogP contribution is 2.32. The molecule has 132 valence electrons. The van der Waals surface area contributed by atoms with E-state index in [1.165, 1.54) is 14.0 Å². The number of fused-ring (bicyclic) bond motifs is 1. The molecule has 0 unspecified atom stereocenters. The number of nitrogens with one attached hydrogen (secondary N) is 1. The van der Waals surface area contributed by atoms with Gasteiger partial charge in [0.15, 0.2) is 0 Å². The second-order valence-electron chi connectivity index (χ2n) is 6.02. The summed E-state index contributed by atoms with van der Waals surface area (Å²) in [5.41, 5.74) is 3.08. The average molecular weight is 360 g/mol. The van der Waals surface area contributed by atoms with Crippen molar-refractivity contribution in [3.63, 3.8) is 0 Å². The number of benzene rings is 2. The van der Waals surface area contributed by atoms with Crippen LogP contribution in [0.4, 0.5) is 11.4 Å². The van der Waals surface area contributed by atoms with Gasteiger partial charge in [-0.2, -0.15) is 0 Å². The molecule has 0 saturated carbocycles. The Balaban J connectivity index is 1.93. The molecule has 0 spiro atoms. The van der Waals surface area contributed by atoms with Gasteiger partial charge in [-0.05, 0) is 54.8 Å². The Labute approximate surface area is 147 Å². The topological polar surface area (TPSA) is 75.7 Å². The number of carbonyl (C=O) groups is 1. The zero-order chi connectivity index (χ0) is 18.2. The fourth-order valence-electron chi connectivity index (χ4n) is 3.00. The molecule has 25 heavy (non-hydrogen) atoms. The van der Waals surface area contributed by atoms with Crippen molar-refractivity contribution in [2.75, 3.05) is 23.3 Å². The van der Waals surface area contributed by atoms with Gasteiger partial charge in [0.1, 0.15) is 10.6 Å². The summed E-state index contributed by atoms with van der Waals surface area (Å²) in [4.78, 5) is 13.4. The molecule has 0 aliphatic carbocycles. The number of sulfonamides is 1. The Morgan fingerprint density at radius 2 is 1.96 bits per heavy atom. The van der Waals surface area contributed by atoms with Gasteiger partial charge in [0.2, 0.25) is 5.91 Å². The summed E-state index contributed by atoms with van der Waals surface area (Å²) in [7, 11) is -2.34.